The predicted octanol–water partition coefficient (Wildman–Crippen LogP) is 4.15. The molecule has 0 atom stereocenters. The first-order valence-corrected chi connectivity index (χ1v) is 11.2. The Morgan fingerprint density at radius 3 is 2.57 bits per heavy atom. The summed E-state index contributed by atoms with van der Waals surface area (Å²) in [4.78, 5) is 4.61. The van der Waals surface area contributed by atoms with Crippen LogP contribution in [0.25, 0.3) is 10.9 Å². The highest BCUT2D eigenvalue weighted by molar-refractivity contribution is 7.89. The summed E-state index contributed by atoms with van der Waals surface area (Å²) in [6.07, 6.45) is 4.00. The van der Waals surface area contributed by atoms with E-state index in [9.17, 15) is 8.42 Å². The second-order valence-corrected chi connectivity index (χ2v) is 8.51. The van der Waals surface area contributed by atoms with Gasteiger partial charge in [-0.1, -0.05) is 30.3 Å². The summed E-state index contributed by atoms with van der Waals surface area (Å²) in [5.74, 6) is 1.30. The molecular formula is C21H23ClN2O3S. The van der Waals surface area contributed by atoms with Crippen LogP contribution < -0.4 is 9.46 Å². The number of hydrogen-bond acceptors (Lipinski definition) is 4. The van der Waals surface area contributed by atoms with Crippen LogP contribution in [0.15, 0.2) is 65.7 Å². The van der Waals surface area contributed by atoms with E-state index in [2.05, 4.69) is 9.71 Å². The predicted molar refractivity (Wildman–Crippen MR) is 113 cm³/mol. The molecule has 0 aliphatic rings. The van der Waals surface area contributed by atoms with Crippen molar-refractivity contribution in [3.8, 4) is 5.75 Å². The number of halogens is 1. The fourth-order valence-electron chi connectivity index (χ4n) is 2.84. The number of benzene rings is 2. The fourth-order valence-corrected chi connectivity index (χ4v) is 4.05. The van der Waals surface area contributed by atoms with Gasteiger partial charge in [-0.2, -0.15) is 0 Å². The molecule has 0 spiro atoms. The number of fused-ring (bicyclic) bond motifs is 1. The molecule has 5 nitrogen and oxygen atoms in total. The number of nitrogens with one attached hydrogen (secondary N) is 1. The lowest BCUT2D eigenvalue weighted by Gasteiger charge is -2.10. The van der Waals surface area contributed by atoms with Gasteiger partial charge >= 0.3 is 0 Å². The van der Waals surface area contributed by atoms with Gasteiger partial charge in [0.25, 0.3) is 0 Å². The molecule has 0 fully saturated rings. The van der Waals surface area contributed by atoms with Crippen LogP contribution in [-0.4, -0.2) is 32.4 Å². The van der Waals surface area contributed by atoms with Crippen molar-refractivity contribution in [2.24, 2.45) is 0 Å². The number of pyridine rings is 1. The van der Waals surface area contributed by atoms with E-state index in [1.807, 2.05) is 42.5 Å². The van der Waals surface area contributed by atoms with Crippen LogP contribution in [0.3, 0.4) is 0 Å². The molecule has 0 aliphatic heterocycles. The van der Waals surface area contributed by atoms with Crippen molar-refractivity contribution in [3.63, 3.8) is 0 Å². The molecule has 0 bridgehead atoms. The highest BCUT2D eigenvalue weighted by Gasteiger charge is 2.13. The van der Waals surface area contributed by atoms with E-state index in [4.69, 9.17) is 16.3 Å². The number of ether oxygens (including phenoxy) is 1. The largest absolute Gasteiger partial charge is 0.491 e. The Labute approximate surface area is 170 Å². The van der Waals surface area contributed by atoms with Crippen LogP contribution >= 0.6 is 11.6 Å². The van der Waals surface area contributed by atoms with E-state index in [-0.39, 0.29) is 4.90 Å². The first-order valence-electron chi connectivity index (χ1n) is 9.21. The van der Waals surface area contributed by atoms with E-state index in [1.165, 1.54) is 0 Å². The maximum atomic E-state index is 12.4. The molecule has 148 valence electrons. The topological polar surface area (TPSA) is 68.3 Å². The van der Waals surface area contributed by atoms with Crippen LogP contribution in [0.1, 0.15) is 18.4 Å². The van der Waals surface area contributed by atoms with E-state index >= 15 is 0 Å². The fraction of sp³-hybridized carbons (Fsp3) is 0.286. The van der Waals surface area contributed by atoms with Crippen molar-refractivity contribution in [2.45, 2.75) is 24.2 Å². The summed E-state index contributed by atoms with van der Waals surface area (Å²) in [7, 11) is -3.52. The van der Waals surface area contributed by atoms with Gasteiger partial charge in [0.2, 0.25) is 10.0 Å². The molecule has 0 saturated heterocycles. The number of para-hydroxylation sites is 1. The summed E-state index contributed by atoms with van der Waals surface area (Å²) < 4.78 is 33.2. The van der Waals surface area contributed by atoms with Crippen LogP contribution in [0, 0.1) is 0 Å². The normalized spacial score (nSPS) is 11.6. The minimum absolute atomic E-state index is 0.265. The molecule has 0 amide bonds. The van der Waals surface area contributed by atoms with Crippen LogP contribution in [0.5, 0.6) is 5.75 Å². The lowest BCUT2D eigenvalue weighted by Crippen LogP contribution is -2.25. The Hall–Kier alpha value is -2.15. The molecule has 0 radical (unpaired) electrons. The number of sulfonamides is 1. The Kier molecular flexibility index (Phi) is 7.25. The number of alkyl halides is 1. The molecule has 0 unspecified atom stereocenters. The van der Waals surface area contributed by atoms with Crippen molar-refractivity contribution < 1.29 is 13.2 Å². The zero-order valence-electron chi connectivity index (χ0n) is 15.5. The van der Waals surface area contributed by atoms with E-state index in [0.29, 0.717) is 31.2 Å². The third-order valence-electron chi connectivity index (χ3n) is 4.30. The molecule has 0 saturated carbocycles. The summed E-state index contributed by atoms with van der Waals surface area (Å²) in [5.41, 5.74) is 1.89. The third kappa shape index (κ3) is 5.44. The Balaban J connectivity index is 1.49. The molecule has 0 aliphatic carbocycles. The first-order chi connectivity index (χ1) is 13.6. The lowest BCUT2D eigenvalue weighted by molar-refractivity contribution is 0.314. The van der Waals surface area contributed by atoms with Gasteiger partial charge in [0.05, 0.1) is 11.5 Å². The summed E-state index contributed by atoms with van der Waals surface area (Å²) >= 11 is 5.69. The van der Waals surface area contributed by atoms with Gasteiger partial charge in [0.15, 0.2) is 0 Å². The maximum Gasteiger partial charge on any atom is 0.240 e. The molecule has 28 heavy (non-hydrogen) atoms. The van der Waals surface area contributed by atoms with Gasteiger partial charge in [-0.05, 0) is 49.1 Å². The van der Waals surface area contributed by atoms with Gasteiger partial charge in [0.1, 0.15) is 11.3 Å². The number of aryl methyl sites for hydroxylation is 1. The first kappa shape index (κ1) is 20.6. The van der Waals surface area contributed by atoms with Gasteiger partial charge in [0, 0.05) is 24.0 Å². The summed E-state index contributed by atoms with van der Waals surface area (Å²) in [6.45, 7) is 0.699. The Morgan fingerprint density at radius 2 is 1.79 bits per heavy atom. The van der Waals surface area contributed by atoms with Crippen molar-refractivity contribution in [2.75, 3.05) is 19.0 Å². The van der Waals surface area contributed by atoms with Crippen LogP contribution in [0.4, 0.5) is 0 Å². The third-order valence-corrected chi connectivity index (χ3v) is 6.04. The van der Waals surface area contributed by atoms with E-state index in [0.717, 1.165) is 29.3 Å². The maximum absolute atomic E-state index is 12.4. The van der Waals surface area contributed by atoms with Gasteiger partial charge in [-0.25, -0.2) is 13.1 Å². The van der Waals surface area contributed by atoms with Gasteiger partial charge in [-0.3, -0.25) is 4.98 Å². The molecular weight excluding hydrogens is 396 g/mol. The molecule has 2 aromatic carbocycles. The molecule has 3 aromatic rings. The Morgan fingerprint density at radius 1 is 1.00 bits per heavy atom. The molecule has 7 heteroatoms. The average Bonchev–Trinajstić information content (AvgIpc) is 2.72. The number of rotatable bonds is 10. The second-order valence-electron chi connectivity index (χ2n) is 6.37. The molecule has 3 rings (SSSR count). The van der Waals surface area contributed by atoms with Crippen molar-refractivity contribution in [1.29, 1.82) is 0 Å². The highest BCUT2D eigenvalue weighted by atomic mass is 35.5. The minimum Gasteiger partial charge on any atom is -0.491 e. The average molecular weight is 419 g/mol. The molecule has 1 aromatic heterocycles. The van der Waals surface area contributed by atoms with Crippen LogP contribution in [0.2, 0.25) is 0 Å². The minimum atomic E-state index is -3.52. The monoisotopic (exact) mass is 418 g/mol. The van der Waals surface area contributed by atoms with Crippen molar-refractivity contribution >= 4 is 32.5 Å². The quantitative estimate of drug-likeness (QED) is 0.396. The standard InChI is InChI=1S/C21H23ClN2O3S/c22-13-2-5-17-9-11-19(12-10-17)28(25,26)24-15-4-16-27-20-8-1-6-18-7-3-14-23-21(18)20/h1,3,6-12,14,24H,2,4-5,13,15-16H2. The summed E-state index contributed by atoms with van der Waals surface area (Å²) in [5, 5.41) is 1.01. The lowest BCUT2D eigenvalue weighted by atomic mass is 10.1. The number of nitrogens with zero attached hydrogens (tertiary/aromatic N) is 1. The van der Waals surface area contributed by atoms with Crippen LogP contribution in [-0.2, 0) is 16.4 Å². The highest BCUT2D eigenvalue weighted by Crippen LogP contribution is 2.22. The second kappa shape index (κ2) is 9.87. The van der Waals surface area contributed by atoms with E-state index in [1.54, 1.807) is 18.3 Å². The van der Waals surface area contributed by atoms with Crippen molar-refractivity contribution in [1.82, 2.24) is 9.71 Å². The summed E-state index contributed by atoms with van der Waals surface area (Å²) in [6, 6.07) is 16.5. The molecule has 1 heterocycles. The van der Waals surface area contributed by atoms with Gasteiger partial charge < -0.3 is 4.74 Å². The molecule has 1 N–H and O–H groups in total. The van der Waals surface area contributed by atoms with E-state index < -0.39 is 10.0 Å². The van der Waals surface area contributed by atoms with Gasteiger partial charge in [-0.15, -0.1) is 11.6 Å². The number of aromatic nitrogens is 1. The number of hydrogen-bond donors (Lipinski definition) is 1. The zero-order valence-corrected chi connectivity index (χ0v) is 17.0. The Bertz CT molecular complexity index is 1000. The SMILES string of the molecule is O=S(=O)(NCCCOc1cccc2cccnc12)c1ccc(CCCCl)cc1. The zero-order chi connectivity index (χ0) is 19.8. The van der Waals surface area contributed by atoms with Crippen molar-refractivity contribution in [3.05, 3.63) is 66.4 Å². The smallest absolute Gasteiger partial charge is 0.240 e.